The minimum absolute atomic E-state index is 0.203. The molecule has 2 aliphatic heterocycles. The molecular formula is C16H26N2O. The Labute approximate surface area is 117 Å². The first-order valence-corrected chi connectivity index (χ1v) is 7.61. The number of piperidine rings is 2. The van der Waals surface area contributed by atoms with Crippen LogP contribution in [0.4, 0.5) is 0 Å². The van der Waals surface area contributed by atoms with E-state index in [1.807, 2.05) is 4.90 Å². The Morgan fingerprint density at radius 2 is 1.74 bits per heavy atom. The molecule has 1 amide bonds. The molecule has 2 rings (SSSR count). The first-order chi connectivity index (χ1) is 9.15. The summed E-state index contributed by atoms with van der Waals surface area (Å²) in [5.41, 5.74) is 0. The van der Waals surface area contributed by atoms with Gasteiger partial charge in [0.25, 0.3) is 0 Å². The molecule has 0 atom stereocenters. The van der Waals surface area contributed by atoms with Crippen molar-refractivity contribution < 1.29 is 4.79 Å². The maximum atomic E-state index is 11.2. The Morgan fingerprint density at radius 3 is 2.32 bits per heavy atom. The summed E-state index contributed by atoms with van der Waals surface area (Å²) in [6.45, 7) is 9.11. The van der Waals surface area contributed by atoms with E-state index in [9.17, 15) is 4.79 Å². The van der Waals surface area contributed by atoms with Crippen molar-refractivity contribution >= 4 is 5.91 Å². The number of amides is 1. The highest BCUT2D eigenvalue weighted by Gasteiger charge is 2.19. The Morgan fingerprint density at radius 1 is 1.11 bits per heavy atom. The molecule has 2 aliphatic rings. The van der Waals surface area contributed by atoms with E-state index >= 15 is 0 Å². The average Bonchev–Trinajstić information content (AvgIpc) is 2.41. The van der Waals surface area contributed by atoms with Crippen LogP contribution in [-0.2, 0) is 4.79 Å². The largest absolute Gasteiger partial charge is 0.343 e. The molecule has 0 radical (unpaired) electrons. The SMILES string of the molecule is CC(=O)N1CCC(C#CCN2CCC(C)CC2)CC1. The van der Waals surface area contributed by atoms with Gasteiger partial charge in [0.15, 0.2) is 0 Å². The number of carbonyl (C=O) groups excluding carboxylic acids is 1. The van der Waals surface area contributed by atoms with Crippen LogP contribution < -0.4 is 0 Å². The highest BCUT2D eigenvalue weighted by molar-refractivity contribution is 5.73. The van der Waals surface area contributed by atoms with E-state index in [1.54, 1.807) is 6.92 Å². The quantitative estimate of drug-likeness (QED) is 0.675. The third-order valence-corrected chi connectivity index (χ3v) is 4.43. The second kappa shape index (κ2) is 6.96. The molecule has 0 aromatic heterocycles. The van der Waals surface area contributed by atoms with E-state index in [4.69, 9.17) is 0 Å². The zero-order chi connectivity index (χ0) is 13.7. The highest BCUT2D eigenvalue weighted by atomic mass is 16.2. The summed E-state index contributed by atoms with van der Waals surface area (Å²) < 4.78 is 0. The standard InChI is InChI=1S/C16H26N2O/c1-14-5-10-17(11-6-14)9-3-4-16-7-12-18(13-8-16)15(2)19/h14,16H,5-13H2,1-2H3. The molecular weight excluding hydrogens is 236 g/mol. The molecule has 0 saturated carbocycles. The molecule has 0 aliphatic carbocycles. The van der Waals surface area contributed by atoms with Crippen molar-refractivity contribution in [3.05, 3.63) is 0 Å². The summed E-state index contributed by atoms with van der Waals surface area (Å²) >= 11 is 0. The Kier molecular flexibility index (Phi) is 5.27. The summed E-state index contributed by atoms with van der Waals surface area (Å²) in [5, 5.41) is 0. The van der Waals surface area contributed by atoms with E-state index < -0.39 is 0 Å². The fourth-order valence-corrected chi connectivity index (χ4v) is 2.86. The van der Waals surface area contributed by atoms with Crippen LogP contribution in [0.3, 0.4) is 0 Å². The number of hydrogen-bond acceptors (Lipinski definition) is 2. The minimum Gasteiger partial charge on any atom is -0.343 e. The van der Waals surface area contributed by atoms with Crippen LogP contribution >= 0.6 is 0 Å². The number of nitrogens with zero attached hydrogens (tertiary/aromatic N) is 2. The number of likely N-dealkylation sites (tertiary alicyclic amines) is 2. The summed E-state index contributed by atoms with van der Waals surface area (Å²) in [6, 6.07) is 0. The van der Waals surface area contributed by atoms with Crippen LogP contribution in [0.25, 0.3) is 0 Å². The van der Waals surface area contributed by atoms with Crippen molar-refractivity contribution in [2.75, 3.05) is 32.7 Å². The highest BCUT2D eigenvalue weighted by Crippen LogP contribution is 2.17. The third kappa shape index (κ3) is 4.54. The lowest BCUT2D eigenvalue weighted by atomic mass is 9.97. The van der Waals surface area contributed by atoms with E-state index in [1.165, 1.54) is 25.9 Å². The van der Waals surface area contributed by atoms with Gasteiger partial charge in [0.1, 0.15) is 0 Å². The summed E-state index contributed by atoms with van der Waals surface area (Å²) in [7, 11) is 0. The molecule has 2 heterocycles. The van der Waals surface area contributed by atoms with Gasteiger partial charge in [-0.3, -0.25) is 9.69 Å². The molecule has 106 valence electrons. The molecule has 0 N–H and O–H groups in total. The molecule has 19 heavy (non-hydrogen) atoms. The zero-order valence-electron chi connectivity index (χ0n) is 12.3. The van der Waals surface area contributed by atoms with Crippen molar-refractivity contribution in [2.24, 2.45) is 11.8 Å². The van der Waals surface area contributed by atoms with Gasteiger partial charge in [-0.2, -0.15) is 0 Å². The molecule has 0 spiro atoms. The van der Waals surface area contributed by atoms with Gasteiger partial charge in [-0.1, -0.05) is 18.8 Å². The number of carbonyl (C=O) groups is 1. The van der Waals surface area contributed by atoms with Crippen LogP contribution in [-0.4, -0.2) is 48.4 Å². The third-order valence-electron chi connectivity index (χ3n) is 4.43. The van der Waals surface area contributed by atoms with E-state index in [2.05, 4.69) is 23.7 Å². The van der Waals surface area contributed by atoms with Crippen LogP contribution in [0.15, 0.2) is 0 Å². The van der Waals surface area contributed by atoms with Gasteiger partial charge in [-0.25, -0.2) is 0 Å². The summed E-state index contributed by atoms with van der Waals surface area (Å²) in [6.07, 6.45) is 4.73. The molecule has 0 aromatic rings. The molecule has 0 bridgehead atoms. The van der Waals surface area contributed by atoms with Crippen LogP contribution in [0.2, 0.25) is 0 Å². The fraction of sp³-hybridized carbons (Fsp3) is 0.812. The molecule has 0 aromatic carbocycles. The van der Waals surface area contributed by atoms with E-state index in [0.29, 0.717) is 5.92 Å². The molecule has 3 heteroatoms. The summed E-state index contributed by atoms with van der Waals surface area (Å²) in [5.74, 6) is 8.36. The lowest BCUT2D eigenvalue weighted by Gasteiger charge is -2.29. The van der Waals surface area contributed by atoms with E-state index in [0.717, 1.165) is 38.4 Å². The van der Waals surface area contributed by atoms with Crippen LogP contribution in [0, 0.1) is 23.7 Å². The molecule has 3 nitrogen and oxygen atoms in total. The minimum atomic E-state index is 0.203. The Balaban J connectivity index is 1.68. The van der Waals surface area contributed by atoms with Gasteiger partial charge in [-0.15, -0.1) is 0 Å². The van der Waals surface area contributed by atoms with Crippen molar-refractivity contribution in [1.82, 2.24) is 9.80 Å². The van der Waals surface area contributed by atoms with Crippen LogP contribution in [0.5, 0.6) is 0 Å². The fourth-order valence-electron chi connectivity index (χ4n) is 2.86. The number of rotatable bonds is 1. The smallest absolute Gasteiger partial charge is 0.219 e. The van der Waals surface area contributed by atoms with Gasteiger partial charge in [-0.05, 0) is 44.7 Å². The predicted molar refractivity (Wildman–Crippen MR) is 77.6 cm³/mol. The maximum Gasteiger partial charge on any atom is 0.219 e. The first-order valence-electron chi connectivity index (χ1n) is 7.61. The van der Waals surface area contributed by atoms with Crippen molar-refractivity contribution in [1.29, 1.82) is 0 Å². The van der Waals surface area contributed by atoms with Gasteiger partial charge >= 0.3 is 0 Å². The molecule has 2 fully saturated rings. The van der Waals surface area contributed by atoms with Gasteiger partial charge in [0.05, 0.1) is 6.54 Å². The van der Waals surface area contributed by atoms with Crippen molar-refractivity contribution in [3.63, 3.8) is 0 Å². The Bertz CT molecular complexity index is 353. The first kappa shape index (κ1) is 14.4. The van der Waals surface area contributed by atoms with Gasteiger partial charge < -0.3 is 4.90 Å². The molecule has 2 saturated heterocycles. The second-order valence-electron chi connectivity index (χ2n) is 6.06. The monoisotopic (exact) mass is 262 g/mol. The molecule has 0 unspecified atom stereocenters. The lowest BCUT2D eigenvalue weighted by Crippen LogP contribution is -2.36. The average molecular weight is 262 g/mol. The van der Waals surface area contributed by atoms with Crippen molar-refractivity contribution in [2.45, 2.75) is 39.5 Å². The lowest BCUT2D eigenvalue weighted by molar-refractivity contribution is -0.129. The van der Waals surface area contributed by atoms with Crippen molar-refractivity contribution in [3.8, 4) is 11.8 Å². The topological polar surface area (TPSA) is 23.6 Å². The van der Waals surface area contributed by atoms with Crippen LogP contribution in [0.1, 0.15) is 39.5 Å². The summed E-state index contributed by atoms with van der Waals surface area (Å²) in [4.78, 5) is 15.6. The number of hydrogen-bond donors (Lipinski definition) is 0. The Hall–Kier alpha value is -1.01. The zero-order valence-corrected chi connectivity index (χ0v) is 12.3. The predicted octanol–water partition coefficient (Wildman–Crippen LogP) is 1.98. The normalized spacial score (nSPS) is 22.9. The maximum absolute atomic E-state index is 11.2. The van der Waals surface area contributed by atoms with Gasteiger partial charge in [0.2, 0.25) is 5.91 Å². The van der Waals surface area contributed by atoms with Gasteiger partial charge in [0, 0.05) is 25.9 Å². The van der Waals surface area contributed by atoms with E-state index in [-0.39, 0.29) is 5.91 Å². The second-order valence-corrected chi connectivity index (χ2v) is 6.06.